The number of imidazole rings is 1. The zero-order valence-electron chi connectivity index (χ0n) is 11.3. The third kappa shape index (κ3) is 2.59. The third-order valence-electron chi connectivity index (χ3n) is 3.54. The van der Waals surface area contributed by atoms with Crippen molar-refractivity contribution in [2.24, 2.45) is 7.05 Å². The molecule has 0 aliphatic carbocycles. The van der Waals surface area contributed by atoms with Gasteiger partial charge in [-0.2, -0.15) is 0 Å². The minimum Gasteiger partial charge on any atom is -0.337 e. The van der Waals surface area contributed by atoms with E-state index in [9.17, 15) is 8.42 Å². The summed E-state index contributed by atoms with van der Waals surface area (Å²) < 4.78 is 27.5. The summed E-state index contributed by atoms with van der Waals surface area (Å²) in [5.74, 6) is 1.40. The van der Waals surface area contributed by atoms with Crippen molar-refractivity contribution in [3.63, 3.8) is 0 Å². The molecule has 0 N–H and O–H groups in total. The van der Waals surface area contributed by atoms with Crippen LogP contribution in [0.5, 0.6) is 0 Å². The van der Waals surface area contributed by atoms with Gasteiger partial charge in [0.05, 0.1) is 11.4 Å². The SMILES string of the molecule is CCS(=O)(=O)N1CCC[C@@H](c2nc(C)cn2C)C1. The predicted molar refractivity (Wildman–Crippen MR) is 71.0 cm³/mol. The average Bonchev–Trinajstić information content (AvgIpc) is 2.69. The number of hydrogen-bond donors (Lipinski definition) is 0. The molecule has 6 heteroatoms. The molecule has 0 spiro atoms. The van der Waals surface area contributed by atoms with Crippen LogP contribution in [0.2, 0.25) is 0 Å². The monoisotopic (exact) mass is 271 g/mol. The molecular formula is C12H21N3O2S. The van der Waals surface area contributed by atoms with Crippen LogP contribution in [0.25, 0.3) is 0 Å². The number of sulfonamides is 1. The number of nitrogens with zero attached hydrogens (tertiary/aromatic N) is 3. The Labute approximate surface area is 109 Å². The first kappa shape index (κ1) is 13.5. The molecule has 1 fully saturated rings. The zero-order valence-corrected chi connectivity index (χ0v) is 12.1. The molecule has 0 amide bonds. The first-order valence-corrected chi connectivity index (χ1v) is 8.02. The van der Waals surface area contributed by atoms with Gasteiger partial charge in [0.2, 0.25) is 10.0 Å². The molecule has 0 unspecified atom stereocenters. The third-order valence-corrected chi connectivity index (χ3v) is 5.39. The minimum atomic E-state index is -3.07. The van der Waals surface area contributed by atoms with Crippen LogP contribution in [0, 0.1) is 6.92 Å². The van der Waals surface area contributed by atoms with E-state index in [1.54, 1.807) is 11.2 Å². The fraction of sp³-hybridized carbons (Fsp3) is 0.750. The molecule has 5 nitrogen and oxygen atoms in total. The Hall–Kier alpha value is -0.880. The molecule has 1 atom stereocenters. The summed E-state index contributed by atoms with van der Waals surface area (Å²) in [6.07, 6.45) is 3.92. The lowest BCUT2D eigenvalue weighted by atomic mass is 9.99. The van der Waals surface area contributed by atoms with E-state index in [1.165, 1.54) is 0 Å². The number of hydrogen-bond acceptors (Lipinski definition) is 3. The van der Waals surface area contributed by atoms with Crippen molar-refractivity contribution in [1.82, 2.24) is 13.9 Å². The van der Waals surface area contributed by atoms with E-state index < -0.39 is 10.0 Å². The number of aromatic nitrogens is 2. The predicted octanol–water partition coefficient (Wildman–Crippen LogP) is 1.26. The van der Waals surface area contributed by atoms with Crippen LogP contribution in [0.3, 0.4) is 0 Å². The molecule has 1 saturated heterocycles. The topological polar surface area (TPSA) is 55.2 Å². The molecular weight excluding hydrogens is 250 g/mol. The van der Waals surface area contributed by atoms with E-state index in [4.69, 9.17) is 0 Å². The van der Waals surface area contributed by atoms with Crippen molar-refractivity contribution >= 4 is 10.0 Å². The van der Waals surface area contributed by atoms with Gasteiger partial charge in [-0.3, -0.25) is 0 Å². The highest BCUT2D eigenvalue weighted by molar-refractivity contribution is 7.89. The first-order valence-electron chi connectivity index (χ1n) is 6.41. The summed E-state index contributed by atoms with van der Waals surface area (Å²) in [7, 11) is -1.10. The second kappa shape index (κ2) is 5.01. The van der Waals surface area contributed by atoms with Crippen molar-refractivity contribution in [3.8, 4) is 0 Å². The van der Waals surface area contributed by atoms with Crippen molar-refractivity contribution in [2.75, 3.05) is 18.8 Å². The van der Waals surface area contributed by atoms with Crippen LogP contribution in [0.1, 0.15) is 37.2 Å². The molecule has 1 aliphatic rings. The molecule has 18 heavy (non-hydrogen) atoms. The van der Waals surface area contributed by atoms with Crippen LogP contribution < -0.4 is 0 Å². The van der Waals surface area contributed by atoms with Crippen LogP contribution in [-0.2, 0) is 17.1 Å². The number of piperidine rings is 1. The highest BCUT2D eigenvalue weighted by Gasteiger charge is 2.30. The number of aryl methyl sites for hydroxylation is 2. The van der Waals surface area contributed by atoms with E-state index in [2.05, 4.69) is 4.98 Å². The second-order valence-electron chi connectivity index (χ2n) is 4.95. The van der Waals surface area contributed by atoms with Gasteiger partial charge >= 0.3 is 0 Å². The van der Waals surface area contributed by atoms with Gasteiger partial charge in [-0.15, -0.1) is 0 Å². The Morgan fingerprint density at radius 2 is 2.22 bits per heavy atom. The van der Waals surface area contributed by atoms with Crippen LogP contribution in [0.15, 0.2) is 6.20 Å². The summed E-state index contributed by atoms with van der Waals surface area (Å²) in [5.41, 5.74) is 0.989. The van der Waals surface area contributed by atoms with Gasteiger partial charge in [-0.05, 0) is 26.7 Å². The normalized spacial score (nSPS) is 22.3. The maximum absolute atomic E-state index is 11.9. The molecule has 1 aromatic rings. The van der Waals surface area contributed by atoms with Crippen LogP contribution >= 0.6 is 0 Å². The van der Waals surface area contributed by atoms with Gasteiger partial charge in [0.15, 0.2) is 0 Å². The van der Waals surface area contributed by atoms with Crippen molar-refractivity contribution in [2.45, 2.75) is 32.6 Å². The van der Waals surface area contributed by atoms with Gasteiger partial charge in [0, 0.05) is 32.3 Å². The molecule has 2 heterocycles. The second-order valence-corrected chi connectivity index (χ2v) is 7.21. The largest absolute Gasteiger partial charge is 0.337 e. The molecule has 0 aromatic carbocycles. The molecule has 0 radical (unpaired) electrons. The van der Waals surface area contributed by atoms with Gasteiger partial charge in [0.1, 0.15) is 5.82 Å². The smallest absolute Gasteiger partial charge is 0.213 e. The Bertz CT molecular complexity index is 521. The summed E-state index contributed by atoms with van der Waals surface area (Å²) in [5, 5.41) is 0. The van der Waals surface area contributed by atoms with Crippen molar-refractivity contribution in [3.05, 3.63) is 17.7 Å². The standard InChI is InChI=1S/C12H21N3O2S/c1-4-18(16,17)15-7-5-6-11(9-15)12-13-10(2)8-14(12)3/h8,11H,4-7,9H2,1-3H3/t11-/m1/s1. The maximum Gasteiger partial charge on any atom is 0.213 e. The zero-order chi connectivity index (χ0) is 13.3. The Balaban J connectivity index is 2.19. The van der Waals surface area contributed by atoms with Crippen LogP contribution in [0.4, 0.5) is 0 Å². The highest BCUT2D eigenvalue weighted by Crippen LogP contribution is 2.27. The maximum atomic E-state index is 11.9. The van der Waals surface area contributed by atoms with Crippen molar-refractivity contribution in [1.29, 1.82) is 0 Å². The summed E-state index contributed by atoms with van der Waals surface area (Å²) in [6.45, 7) is 4.88. The van der Waals surface area contributed by atoms with Gasteiger partial charge < -0.3 is 4.57 Å². The van der Waals surface area contributed by atoms with E-state index in [0.717, 1.165) is 24.4 Å². The van der Waals surface area contributed by atoms with Gasteiger partial charge in [0.25, 0.3) is 0 Å². The summed E-state index contributed by atoms with van der Waals surface area (Å²) >= 11 is 0. The molecule has 102 valence electrons. The van der Waals surface area contributed by atoms with Crippen LogP contribution in [-0.4, -0.2) is 41.1 Å². The molecule has 0 saturated carbocycles. The highest BCUT2D eigenvalue weighted by atomic mass is 32.2. The average molecular weight is 271 g/mol. The van der Waals surface area contributed by atoms with E-state index in [-0.39, 0.29) is 11.7 Å². The molecule has 2 rings (SSSR count). The fourth-order valence-corrected chi connectivity index (χ4v) is 3.78. The lowest BCUT2D eigenvalue weighted by Crippen LogP contribution is -2.40. The lowest BCUT2D eigenvalue weighted by Gasteiger charge is -2.31. The minimum absolute atomic E-state index is 0.180. The quantitative estimate of drug-likeness (QED) is 0.831. The molecule has 0 bridgehead atoms. The summed E-state index contributed by atoms with van der Waals surface area (Å²) in [4.78, 5) is 4.52. The number of rotatable bonds is 3. The Kier molecular flexibility index (Phi) is 3.77. The van der Waals surface area contributed by atoms with Crippen molar-refractivity contribution < 1.29 is 8.42 Å². The molecule has 1 aliphatic heterocycles. The lowest BCUT2D eigenvalue weighted by molar-refractivity contribution is 0.306. The fourth-order valence-electron chi connectivity index (χ4n) is 2.60. The first-order chi connectivity index (χ1) is 8.44. The molecule has 1 aromatic heterocycles. The van der Waals surface area contributed by atoms with E-state index >= 15 is 0 Å². The Morgan fingerprint density at radius 1 is 1.50 bits per heavy atom. The van der Waals surface area contributed by atoms with E-state index in [1.807, 2.05) is 24.7 Å². The van der Waals surface area contributed by atoms with Gasteiger partial charge in [-0.1, -0.05) is 0 Å². The summed E-state index contributed by atoms with van der Waals surface area (Å²) in [6, 6.07) is 0. The Morgan fingerprint density at radius 3 is 2.78 bits per heavy atom. The van der Waals surface area contributed by atoms with E-state index in [0.29, 0.717) is 13.1 Å². The van der Waals surface area contributed by atoms with Gasteiger partial charge in [-0.25, -0.2) is 17.7 Å².